The minimum absolute atomic E-state index is 0.0992. The fraction of sp³-hybridized carbons (Fsp3) is 0.500. The maximum atomic E-state index is 13.0. The Bertz CT molecular complexity index is 1070. The van der Waals surface area contributed by atoms with Crippen LogP contribution in [0, 0.1) is 5.92 Å². The van der Waals surface area contributed by atoms with Crippen molar-refractivity contribution in [3.05, 3.63) is 36.1 Å². The van der Waals surface area contributed by atoms with E-state index in [0.717, 1.165) is 15.9 Å². The Morgan fingerprint density at radius 3 is 2.62 bits per heavy atom. The summed E-state index contributed by atoms with van der Waals surface area (Å²) in [5, 5.41) is 6.21. The van der Waals surface area contributed by atoms with E-state index in [9.17, 15) is 22.8 Å². The van der Waals surface area contributed by atoms with E-state index >= 15 is 0 Å². The molecule has 10 heteroatoms. The number of hydrogen-bond donors (Lipinski definition) is 2. The summed E-state index contributed by atoms with van der Waals surface area (Å²) in [6.45, 7) is 3.81. The van der Waals surface area contributed by atoms with Gasteiger partial charge >= 0.3 is 0 Å². The average Bonchev–Trinajstić information content (AvgIpc) is 3.05. The number of carbonyl (C=O) groups is 3. The van der Waals surface area contributed by atoms with Crippen molar-refractivity contribution in [3.8, 4) is 0 Å². The fourth-order valence-electron chi connectivity index (χ4n) is 3.73. The summed E-state index contributed by atoms with van der Waals surface area (Å²) in [7, 11) is -3.49. The number of hydrogen-bond acceptors (Lipinski definition) is 6. The highest BCUT2D eigenvalue weighted by molar-refractivity contribution is 7.88. The normalized spacial score (nSPS) is 19.0. The predicted octanol–water partition coefficient (Wildman–Crippen LogP) is 1.69. The molecule has 2 amide bonds. The molecule has 1 aromatic carbocycles. The Morgan fingerprint density at radius 1 is 1.25 bits per heavy atom. The average molecular weight is 464 g/mol. The number of furan rings is 1. The van der Waals surface area contributed by atoms with Crippen LogP contribution in [0.5, 0.6) is 0 Å². The molecule has 2 aromatic rings. The third kappa shape index (κ3) is 5.95. The molecule has 3 rings (SSSR count). The molecular weight excluding hydrogens is 434 g/mol. The number of carbonyl (C=O) groups excluding carboxylic acids is 3. The van der Waals surface area contributed by atoms with Crippen molar-refractivity contribution < 1.29 is 27.2 Å². The second-order valence-corrected chi connectivity index (χ2v) is 10.6. The van der Waals surface area contributed by atoms with E-state index in [-0.39, 0.29) is 30.6 Å². The predicted molar refractivity (Wildman–Crippen MR) is 120 cm³/mol. The van der Waals surface area contributed by atoms with E-state index < -0.39 is 33.9 Å². The molecule has 1 fully saturated rings. The molecule has 0 radical (unpaired) electrons. The fourth-order valence-corrected chi connectivity index (χ4v) is 4.55. The second-order valence-electron chi connectivity index (χ2n) is 8.57. The molecule has 0 bridgehead atoms. The van der Waals surface area contributed by atoms with Gasteiger partial charge in [-0.2, -0.15) is 4.31 Å². The quantitative estimate of drug-likeness (QED) is 0.644. The first-order valence-corrected chi connectivity index (χ1v) is 12.5. The topological polar surface area (TPSA) is 126 Å². The molecule has 9 nitrogen and oxygen atoms in total. The molecule has 0 aliphatic carbocycles. The zero-order chi connectivity index (χ0) is 23.5. The highest BCUT2D eigenvalue weighted by Gasteiger charge is 2.32. The molecule has 174 valence electrons. The van der Waals surface area contributed by atoms with Gasteiger partial charge in [0.15, 0.2) is 11.5 Å². The number of Topliss-reactive ketones (excluding diaryl/α,β-unsaturated/α-hetero) is 1. The summed E-state index contributed by atoms with van der Waals surface area (Å²) < 4.78 is 30.3. The number of rotatable bonds is 7. The van der Waals surface area contributed by atoms with E-state index in [0.29, 0.717) is 24.8 Å². The molecule has 1 aromatic heterocycles. The Labute approximate surface area is 187 Å². The third-order valence-electron chi connectivity index (χ3n) is 5.38. The standard InChI is InChI=1S/C22H29N3O6S/c1-14(2)11-17(24-22(28)20-12-15-7-4-5-9-19(15)31-20)21(27)23-16-8-6-10-25(13-18(16)26)32(3,29)30/h4-5,7,9,12,14,16-17H,6,8,10-11,13H2,1-3H3,(H,23,27)(H,24,28)/t16-,17?/m1/s1. The van der Waals surface area contributed by atoms with Crippen molar-refractivity contribution in [3.63, 3.8) is 0 Å². The lowest BCUT2D eigenvalue weighted by Crippen LogP contribution is -2.52. The van der Waals surface area contributed by atoms with Crippen LogP contribution in [0.2, 0.25) is 0 Å². The smallest absolute Gasteiger partial charge is 0.287 e. The summed E-state index contributed by atoms with van der Waals surface area (Å²) in [5.74, 6) is -1.16. The Hall–Kier alpha value is -2.72. The van der Waals surface area contributed by atoms with Crippen LogP contribution in [-0.2, 0) is 19.6 Å². The van der Waals surface area contributed by atoms with E-state index in [2.05, 4.69) is 10.6 Å². The van der Waals surface area contributed by atoms with Gasteiger partial charge in [0, 0.05) is 11.9 Å². The van der Waals surface area contributed by atoms with E-state index in [1.54, 1.807) is 18.2 Å². The largest absolute Gasteiger partial charge is 0.451 e. The second kappa shape index (κ2) is 9.83. The Morgan fingerprint density at radius 2 is 1.97 bits per heavy atom. The first-order valence-electron chi connectivity index (χ1n) is 10.6. The first kappa shape index (κ1) is 23.9. The summed E-state index contributed by atoms with van der Waals surface area (Å²) in [4.78, 5) is 38.3. The highest BCUT2D eigenvalue weighted by atomic mass is 32.2. The minimum Gasteiger partial charge on any atom is -0.451 e. The van der Waals surface area contributed by atoms with Crippen molar-refractivity contribution in [2.45, 2.75) is 45.2 Å². The number of nitrogens with one attached hydrogen (secondary N) is 2. The van der Waals surface area contributed by atoms with Gasteiger partial charge in [-0.15, -0.1) is 0 Å². The molecule has 2 atom stereocenters. The number of sulfonamides is 1. The zero-order valence-corrected chi connectivity index (χ0v) is 19.3. The molecule has 2 N–H and O–H groups in total. The summed E-state index contributed by atoms with van der Waals surface area (Å²) in [6.07, 6.45) is 2.21. The van der Waals surface area contributed by atoms with Crippen LogP contribution >= 0.6 is 0 Å². The summed E-state index contributed by atoms with van der Waals surface area (Å²) >= 11 is 0. The highest BCUT2D eigenvalue weighted by Crippen LogP contribution is 2.19. The van der Waals surface area contributed by atoms with Gasteiger partial charge in [-0.3, -0.25) is 14.4 Å². The van der Waals surface area contributed by atoms with E-state index in [1.165, 1.54) is 0 Å². The maximum Gasteiger partial charge on any atom is 0.287 e. The van der Waals surface area contributed by atoms with Crippen LogP contribution in [0.3, 0.4) is 0 Å². The number of nitrogens with zero attached hydrogens (tertiary/aromatic N) is 1. The molecular formula is C22H29N3O6S. The van der Waals surface area contributed by atoms with Gasteiger partial charge in [0.25, 0.3) is 5.91 Å². The minimum atomic E-state index is -3.49. The van der Waals surface area contributed by atoms with Crippen LogP contribution in [0.15, 0.2) is 34.7 Å². The van der Waals surface area contributed by atoms with Crippen LogP contribution in [0.25, 0.3) is 11.0 Å². The lowest BCUT2D eigenvalue weighted by Gasteiger charge is -2.23. The lowest BCUT2D eigenvalue weighted by atomic mass is 10.0. The van der Waals surface area contributed by atoms with Gasteiger partial charge in [0.05, 0.1) is 18.8 Å². The van der Waals surface area contributed by atoms with Crippen molar-refractivity contribution in [1.29, 1.82) is 0 Å². The van der Waals surface area contributed by atoms with Crippen molar-refractivity contribution in [1.82, 2.24) is 14.9 Å². The number of ketones is 1. The van der Waals surface area contributed by atoms with Crippen molar-refractivity contribution in [2.24, 2.45) is 5.92 Å². The van der Waals surface area contributed by atoms with E-state index in [1.807, 2.05) is 26.0 Å². The lowest BCUT2D eigenvalue weighted by molar-refractivity contribution is -0.129. The molecule has 1 saturated heterocycles. The molecule has 1 aliphatic heterocycles. The molecule has 0 spiro atoms. The molecule has 1 aliphatic rings. The van der Waals surface area contributed by atoms with Crippen LogP contribution in [0.4, 0.5) is 0 Å². The molecule has 2 heterocycles. The molecule has 32 heavy (non-hydrogen) atoms. The number of fused-ring (bicyclic) bond motifs is 1. The monoisotopic (exact) mass is 463 g/mol. The van der Waals surface area contributed by atoms with Gasteiger partial charge in [0.2, 0.25) is 15.9 Å². The van der Waals surface area contributed by atoms with Gasteiger partial charge in [-0.05, 0) is 37.3 Å². The van der Waals surface area contributed by atoms with Crippen molar-refractivity contribution in [2.75, 3.05) is 19.3 Å². The van der Waals surface area contributed by atoms with Gasteiger partial charge in [-0.1, -0.05) is 32.0 Å². The zero-order valence-electron chi connectivity index (χ0n) is 18.5. The number of benzene rings is 1. The van der Waals surface area contributed by atoms with Gasteiger partial charge < -0.3 is 15.1 Å². The first-order chi connectivity index (χ1) is 15.0. The summed E-state index contributed by atoms with van der Waals surface area (Å²) in [5.41, 5.74) is 0.571. The van der Waals surface area contributed by atoms with Gasteiger partial charge in [0.1, 0.15) is 11.6 Å². The van der Waals surface area contributed by atoms with Crippen molar-refractivity contribution >= 4 is 38.6 Å². The SMILES string of the molecule is CC(C)CC(NC(=O)c1cc2ccccc2o1)C(=O)N[C@@H]1CCCN(S(C)(=O)=O)CC1=O. The van der Waals surface area contributed by atoms with Gasteiger partial charge in [-0.25, -0.2) is 8.42 Å². The Balaban J connectivity index is 1.70. The summed E-state index contributed by atoms with van der Waals surface area (Å²) in [6, 6.07) is 7.17. The number of para-hydroxylation sites is 1. The van der Waals surface area contributed by atoms with Crippen LogP contribution < -0.4 is 10.6 Å². The number of amides is 2. The van der Waals surface area contributed by atoms with Crippen LogP contribution in [-0.4, -0.2) is 61.7 Å². The van der Waals surface area contributed by atoms with Crippen LogP contribution in [0.1, 0.15) is 43.7 Å². The Kier molecular flexibility index (Phi) is 7.35. The van der Waals surface area contributed by atoms with E-state index in [4.69, 9.17) is 4.42 Å². The third-order valence-corrected chi connectivity index (χ3v) is 6.63. The molecule has 1 unspecified atom stereocenters. The molecule has 0 saturated carbocycles. The maximum absolute atomic E-state index is 13.0.